The Labute approximate surface area is 117 Å². The average Bonchev–Trinajstić information content (AvgIpc) is 2.34. The lowest BCUT2D eigenvalue weighted by Gasteiger charge is -2.17. The predicted molar refractivity (Wildman–Crippen MR) is 76.3 cm³/mol. The quantitative estimate of drug-likeness (QED) is 0.785. The van der Waals surface area contributed by atoms with Crippen LogP contribution in [0.4, 0.5) is 0 Å². The number of carbonyl (C=O) groups is 2. The number of carboxylic acid groups (broad SMARTS) is 1. The molecule has 1 atom stereocenters. The number of aliphatic carboxylic acids is 1. The molecule has 19 heavy (non-hydrogen) atoms. The molecule has 104 valence electrons. The molecule has 0 radical (unpaired) electrons. The van der Waals surface area contributed by atoms with Gasteiger partial charge >= 0.3 is 5.97 Å². The molecule has 5 heteroatoms. The smallest absolute Gasteiger partial charge is 0.326 e. The second-order valence-corrected chi connectivity index (χ2v) is 5.78. The van der Waals surface area contributed by atoms with Gasteiger partial charge in [0.2, 0.25) is 5.91 Å². The van der Waals surface area contributed by atoms with E-state index in [0.29, 0.717) is 0 Å². The molecular formula is C14H19NO3S. The molecule has 2 N–H and O–H groups in total. The van der Waals surface area contributed by atoms with Crippen molar-refractivity contribution >= 4 is 23.6 Å². The number of benzene rings is 1. The van der Waals surface area contributed by atoms with E-state index >= 15 is 0 Å². The van der Waals surface area contributed by atoms with Crippen molar-refractivity contribution in [3.05, 3.63) is 29.8 Å². The normalized spacial score (nSPS) is 12.2. The van der Waals surface area contributed by atoms with Crippen molar-refractivity contribution in [2.75, 3.05) is 5.75 Å². The lowest BCUT2D eigenvalue weighted by molar-refractivity contribution is -0.142. The highest BCUT2D eigenvalue weighted by Gasteiger charge is 2.23. The molecule has 0 bridgehead atoms. The van der Waals surface area contributed by atoms with Crippen LogP contribution in [0.5, 0.6) is 0 Å². The predicted octanol–water partition coefficient (Wildman–Crippen LogP) is 2.31. The minimum absolute atomic E-state index is 0.133. The van der Waals surface area contributed by atoms with Gasteiger partial charge < -0.3 is 10.4 Å². The van der Waals surface area contributed by atoms with Gasteiger partial charge in [-0.25, -0.2) is 4.79 Å². The van der Waals surface area contributed by atoms with E-state index < -0.39 is 12.0 Å². The lowest BCUT2D eigenvalue weighted by atomic mass is 10.1. The fourth-order valence-corrected chi connectivity index (χ4v) is 2.22. The van der Waals surface area contributed by atoms with Gasteiger partial charge in [0.25, 0.3) is 0 Å². The Kier molecular flexibility index (Phi) is 5.89. The Hall–Kier alpha value is -1.49. The SMILES string of the molecule is Cc1ccc(SCC(=O)N[C@H](C(=O)O)C(C)C)cc1. The van der Waals surface area contributed by atoms with Crippen LogP contribution in [-0.4, -0.2) is 28.8 Å². The van der Waals surface area contributed by atoms with E-state index in [1.807, 2.05) is 31.2 Å². The lowest BCUT2D eigenvalue weighted by Crippen LogP contribution is -2.45. The summed E-state index contributed by atoms with van der Waals surface area (Å²) in [5.41, 5.74) is 1.17. The number of hydrogen-bond donors (Lipinski definition) is 2. The number of aryl methyl sites for hydroxylation is 1. The Bertz CT molecular complexity index is 443. The first-order valence-corrected chi connectivity index (χ1v) is 7.10. The summed E-state index contributed by atoms with van der Waals surface area (Å²) in [6, 6.07) is 7.03. The summed E-state index contributed by atoms with van der Waals surface area (Å²) in [7, 11) is 0. The summed E-state index contributed by atoms with van der Waals surface area (Å²) in [4.78, 5) is 23.7. The largest absolute Gasteiger partial charge is 0.480 e. The Balaban J connectivity index is 2.47. The van der Waals surface area contributed by atoms with E-state index in [4.69, 9.17) is 5.11 Å². The van der Waals surface area contributed by atoms with Gasteiger partial charge in [-0.2, -0.15) is 0 Å². The van der Waals surface area contributed by atoms with Crippen molar-refractivity contribution in [3.8, 4) is 0 Å². The van der Waals surface area contributed by atoms with Gasteiger partial charge in [-0.3, -0.25) is 4.79 Å². The average molecular weight is 281 g/mol. The molecule has 1 amide bonds. The maximum atomic E-state index is 11.7. The zero-order valence-corrected chi connectivity index (χ0v) is 12.2. The number of carbonyl (C=O) groups excluding carboxylic acids is 1. The summed E-state index contributed by atoms with van der Waals surface area (Å²) in [5, 5.41) is 11.5. The first-order valence-electron chi connectivity index (χ1n) is 6.11. The standard InChI is InChI=1S/C14H19NO3S/c1-9(2)13(14(17)18)15-12(16)8-19-11-6-4-10(3)5-7-11/h4-7,9,13H,8H2,1-3H3,(H,15,16)(H,17,18)/t13-/m0/s1. The number of thioether (sulfide) groups is 1. The van der Waals surface area contributed by atoms with Crippen molar-refractivity contribution in [2.45, 2.75) is 31.7 Å². The van der Waals surface area contributed by atoms with Gasteiger partial charge in [-0.1, -0.05) is 31.5 Å². The van der Waals surface area contributed by atoms with Crippen molar-refractivity contribution in [1.29, 1.82) is 0 Å². The molecule has 0 aliphatic rings. The van der Waals surface area contributed by atoms with Crippen LogP contribution in [-0.2, 0) is 9.59 Å². The number of rotatable bonds is 6. The minimum atomic E-state index is -0.997. The van der Waals surface area contributed by atoms with Gasteiger partial charge in [-0.05, 0) is 25.0 Å². The number of carboxylic acids is 1. The van der Waals surface area contributed by atoms with E-state index in [0.717, 1.165) is 4.90 Å². The molecular weight excluding hydrogens is 262 g/mol. The van der Waals surface area contributed by atoms with Crippen LogP contribution in [0, 0.1) is 12.8 Å². The number of nitrogens with one attached hydrogen (secondary N) is 1. The Morgan fingerprint density at radius 1 is 1.26 bits per heavy atom. The van der Waals surface area contributed by atoms with E-state index in [1.54, 1.807) is 13.8 Å². The Morgan fingerprint density at radius 3 is 2.32 bits per heavy atom. The second-order valence-electron chi connectivity index (χ2n) is 4.73. The van der Waals surface area contributed by atoms with Crippen molar-refractivity contribution in [3.63, 3.8) is 0 Å². The van der Waals surface area contributed by atoms with Gasteiger partial charge in [0.15, 0.2) is 0 Å². The molecule has 0 aromatic heterocycles. The van der Waals surface area contributed by atoms with E-state index in [2.05, 4.69) is 5.32 Å². The summed E-state index contributed by atoms with van der Waals surface area (Å²) in [6.07, 6.45) is 0. The van der Waals surface area contributed by atoms with Crippen molar-refractivity contribution < 1.29 is 14.7 Å². The second kappa shape index (κ2) is 7.19. The van der Waals surface area contributed by atoms with Crippen LogP contribution in [0.3, 0.4) is 0 Å². The number of amides is 1. The van der Waals surface area contributed by atoms with Gasteiger partial charge in [0.1, 0.15) is 6.04 Å². The third-order valence-electron chi connectivity index (χ3n) is 2.64. The highest BCUT2D eigenvalue weighted by Crippen LogP contribution is 2.18. The number of hydrogen-bond acceptors (Lipinski definition) is 3. The van der Waals surface area contributed by atoms with Crippen LogP contribution >= 0.6 is 11.8 Å². The summed E-state index contributed by atoms with van der Waals surface area (Å²) < 4.78 is 0. The van der Waals surface area contributed by atoms with E-state index in [9.17, 15) is 9.59 Å². The van der Waals surface area contributed by atoms with Gasteiger partial charge in [0, 0.05) is 4.90 Å². The molecule has 0 heterocycles. The first-order chi connectivity index (χ1) is 8.90. The maximum Gasteiger partial charge on any atom is 0.326 e. The minimum Gasteiger partial charge on any atom is -0.480 e. The molecule has 1 rings (SSSR count). The highest BCUT2D eigenvalue weighted by atomic mass is 32.2. The van der Waals surface area contributed by atoms with Gasteiger partial charge in [-0.15, -0.1) is 11.8 Å². The molecule has 0 aliphatic heterocycles. The summed E-state index contributed by atoms with van der Waals surface area (Å²) in [6.45, 7) is 5.54. The van der Waals surface area contributed by atoms with E-state index in [1.165, 1.54) is 17.3 Å². The highest BCUT2D eigenvalue weighted by molar-refractivity contribution is 8.00. The van der Waals surface area contributed by atoms with Crippen LogP contribution in [0.1, 0.15) is 19.4 Å². The molecule has 1 aromatic rings. The topological polar surface area (TPSA) is 66.4 Å². The summed E-state index contributed by atoms with van der Waals surface area (Å²) in [5.74, 6) is -1.17. The molecule has 0 saturated heterocycles. The fraction of sp³-hybridized carbons (Fsp3) is 0.429. The molecule has 0 aliphatic carbocycles. The first kappa shape index (κ1) is 15.6. The van der Waals surface area contributed by atoms with Crippen LogP contribution in [0.25, 0.3) is 0 Å². The molecule has 0 spiro atoms. The zero-order chi connectivity index (χ0) is 14.4. The Morgan fingerprint density at radius 2 is 1.84 bits per heavy atom. The third-order valence-corrected chi connectivity index (χ3v) is 3.65. The third kappa shape index (κ3) is 5.34. The molecule has 0 saturated carbocycles. The zero-order valence-electron chi connectivity index (χ0n) is 11.3. The molecule has 1 aromatic carbocycles. The monoisotopic (exact) mass is 281 g/mol. The van der Waals surface area contributed by atoms with Crippen molar-refractivity contribution in [2.24, 2.45) is 5.92 Å². The van der Waals surface area contributed by atoms with Crippen LogP contribution < -0.4 is 5.32 Å². The van der Waals surface area contributed by atoms with E-state index in [-0.39, 0.29) is 17.6 Å². The van der Waals surface area contributed by atoms with Crippen LogP contribution in [0.15, 0.2) is 29.2 Å². The fourth-order valence-electron chi connectivity index (χ4n) is 1.51. The maximum absolute atomic E-state index is 11.7. The van der Waals surface area contributed by atoms with Crippen LogP contribution in [0.2, 0.25) is 0 Å². The van der Waals surface area contributed by atoms with Crippen molar-refractivity contribution in [1.82, 2.24) is 5.32 Å². The molecule has 4 nitrogen and oxygen atoms in total. The van der Waals surface area contributed by atoms with Gasteiger partial charge in [0.05, 0.1) is 5.75 Å². The molecule has 0 unspecified atom stereocenters. The summed E-state index contributed by atoms with van der Waals surface area (Å²) >= 11 is 1.40. The molecule has 0 fully saturated rings.